The molecule has 14 heteroatoms. The predicted octanol–water partition coefficient (Wildman–Crippen LogP) is 3.16. The first kappa shape index (κ1) is 31.3. The Hall–Kier alpha value is -4.17. The van der Waals surface area contributed by atoms with Crippen molar-refractivity contribution in [1.82, 2.24) is 15.5 Å². The van der Waals surface area contributed by atoms with E-state index in [1.165, 1.54) is 48.6 Å². The highest BCUT2D eigenvalue weighted by molar-refractivity contribution is 7.92. The third-order valence-electron chi connectivity index (χ3n) is 8.09. The monoisotopic (exact) mass is 643 g/mol. The van der Waals surface area contributed by atoms with Crippen LogP contribution in [0.5, 0.6) is 0 Å². The first-order chi connectivity index (χ1) is 20.7. The number of fused-ring (bicyclic) bond motifs is 3. The molecule has 2 heterocycles. The van der Waals surface area contributed by atoms with Crippen molar-refractivity contribution in [2.45, 2.75) is 43.5 Å². The smallest absolute Gasteiger partial charge is 0.299 e. The van der Waals surface area contributed by atoms with E-state index in [4.69, 9.17) is 11.1 Å². The van der Waals surface area contributed by atoms with Crippen LogP contribution in [0.25, 0.3) is 11.1 Å². The zero-order valence-corrected chi connectivity index (χ0v) is 25.5. The molecule has 232 valence electrons. The average Bonchev–Trinajstić information content (AvgIpc) is 3.73. The van der Waals surface area contributed by atoms with Crippen molar-refractivity contribution in [1.29, 1.82) is 5.41 Å². The van der Waals surface area contributed by atoms with Crippen molar-refractivity contribution in [3.63, 3.8) is 0 Å². The van der Waals surface area contributed by atoms with Gasteiger partial charge in [-0.1, -0.05) is 37.3 Å². The Morgan fingerprint density at radius 1 is 1.11 bits per heavy atom. The standard InChI is InChI=1S/C30H31F2N5O5S2/c1-3-44(41,42)19-12-24(29(40)36-16(2)25-11-18(15-43-25)27(33)34)37(14-19)26(38)13-35-28(39)17-8-9-23-21(10-17)20-6-4-5-7-22(20)30(23,31)32/h4-11,15-16,19,24H,3,12-14H2,1-2H3,(H3,33,34)(H,35,39)(H,36,40)/t16-,19-,24+/m1/s1. The number of likely N-dealkylation sites (tertiary alicyclic amines) is 1. The molecule has 2 aliphatic rings. The molecule has 1 aliphatic carbocycles. The summed E-state index contributed by atoms with van der Waals surface area (Å²) in [7, 11) is -3.59. The van der Waals surface area contributed by atoms with Crippen LogP contribution in [0.1, 0.15) is 58.2 Å². The number of nitrogens with two attached hydrogens (primary N) is 1. The number of hydrogen-bond donors (Lipinski definition) is 4. The molecule has 3 atom stereocenters. The van der Waals surface area contributed by atoms with Crippen LogP contribution < -0.4 is 16.4 Å². The topological polar surface area (TPSA) is 163 Å². The van der Waals surface area contributed by atoms with Gasteiger partial charge in [-0.2, -0.15) is 8.78 Å². The fourth-order valence-electron chi connectivity index (χ4n) is 5.60. The highest BCUT2D eigenvalue weighted by Crippen LogP contribution is 2.50. The Morgan fingerprint density at radius 3 is 2.50 bits per heavy atom. The maximum Gasteiger partial charge on any atom is 0.299 e. The van der Waals surface area contributed by atoms with Crippen molar-refractivity contribution < 1.29 is 31.6 Å². The molecule has 2 aromatic carbocycles. The minimum atomic E-state index is -3.59. The van der Waals surface area contributed by atoms with Crippen molar-refractivity contribution in [2.24, 2.45) is 5.73 Å². The number of carbonyl (C=O) groups excluding carboxylic acids is 3. The molecule has 44 heavy (non-hydrogen) atoms. The molecule has 10 nitrogen and oxygen atoms in total. The number of thiophene rings is 1. The van der Waals surface area contributed by atoms with Crippen LogP contribution in [-0.2, 0) is 25.3 Å². The van der Waals surface area contributed by atoms with Crippen LogP contribution in [0.15, 0.2) is 53.9 Å². The van der Waals surface area contributed by atoms with E-state index in [1.807, 2.05) is 0 Å². The molecular weight excluding hydrogens is 612 g/mol. The highest BCUT2D eigenvalue weighted by atomic mass is 32.2. The minimum absolute atomic E-state index is 0.0703. The number of hydrogen-bond acceptors (Lipinski definition) is 7. The third kappa shape index (κ3) is 5.71. The molecule has 3 aromatic rings. The number of sulfone groups is 1. The second kappa shape index (κ2) is 11.7. The van der Waals surface area contributed by atoms with E-state index < -0.39 is 57.4 Å². The second-order valence-electron chi connectivity index (χ2n) is 10.8. The number of halogens is 2. The van der Waals surface area contributed by atoms with Crippen molar-refractivity contribution >= 4 is 44.7 Å². The zero-order chi connectivity index (χ0) is 32.0. The van der Waals surface area contributed by atoms with Gasteiger partial charge in [-0.15, -0.1) is 11.3 Å². The Balaban J connectivity index is 1.30. The van der Waals surface area contributed by atoms with Gasteiger partial charge in [-0.05, 0) is 42.7 Å². The fourth-order valence-corrected chi connectivity index (χ4v) is 7.85. The predicted molar refractivity (Wildman–Crippen MR) is 162 cm³/mol. The number of carbonyl (C=O) groups is 3. The van der Waals surface area contributed by atoms with Crippen LogP contribution >= 0.6 is 11.3 Å². The van der Waals surface area contributed by atoms with E-state index >= 15 is 0 Å². The lowest BCUT2D eigenvalue weighted by atomic mass is 10.0. The molecule has 1 saturated heterocycles. The Morgan fingerprint density at radius 2 is 1.82 bits per heavy atom. The summed E-state index contributed by atoms with van der Waals surface area (Å²) in [6, 6.07) is 9.94. The number of nitrogens with one attached hydrogen (secondary N) is 3. The summed E-state index contributed by atoms with van der Waals surface area (Å²) < 4.78 is 55.2. The van der Waals surface area contributed by atoms with Gasteiger partial charge in [0.05, 0.1) is 17.8 Å². The van der Waals surface area contributed by atoms with Gasteiger partial charge in [0.1, 0.15) is 11.9 Å². The molecule has 1 aliphatic heterocycles. The van der Waals surface area contributed by atoms with E-state index in [2.05, 4.69) is 10.6 Å². The van der Waals surface area contributed by atoms with E-state index in [0.29, 0.717) is 11.1 Å². The molecule has 1 fully saturated rings. The fraction of sp³-hybridized carbons (Fsp3) is 0.333. The van der Waals surface area contributed by atoms with Crippen LogP contribution in [0.4, 0.5) is 8.78 Å². The first-order valence-corrected chi connectivity index (χ1v) is 16.5. The number of amidine groups is 1. The normalized spacial score (nSPS) is 19.1. The molecule has 0 saturated carbocycles. The summed E-state index contributed by atoms with van der Waals surface area (Å²) in [5, 5.41) is 13.6. The lowest BCUT2D eigenvalue weighted by molar-refractivity contribution is -0.137. The largest absolute Gasteiger partial charge is 0.384 e. The number of nitrogens with zero attached hydrogens (tertiary/aromatic N) is 1. The summed E-state index contributed by atoms with van der Waals surface area (Å²) >= 11 is 1.30. The van der Waals surface area contributed by atoms with Crippen molar-refractivity contribution in [3.05, 3.63) is 81.0 Å². The molecule has 1 aromatic heterocycles. The van der Waals surface area contributed by atoms with Gasteiger partial charge in [0.15, 0.2) is 9.84 Å². The summed E-state index contributed by atoms with van der Waals surface area (Å²) in [5.74, 6) is -5.37. The van der Waals surface area contributed by atoms with Crippen molar-refractivity contribution in [2.75, 3.05) is 18.8 Å². The van der Waals surface area contributed by atoms with E-state index in [-0.39, 0.29) is 46.8 Å². The van der Waals surface area contributed by atoms with Crippen LogP contribution in [-0.4, -0.2) is 67.0 Å². The molecular formula is C30H31F2N5O5S2. The molecule has 5 N–H and O–H groups in total. The lowest BCUT2D eigenvalue weighted by Gasteiger charge is -2.25. The van der Waals surface area contributed by atoms with Gasteiger partial charge in [0.25, 0.3) is 11.8 Å². The van der Waals surface area contributed by atoms with E-state index in [9.17, 15) is 31.6 Å². The molecule has 3 amide bonds. The van der Waals surface area contributed by atoms with E-state index in [0.717, 1.165) is 9.78 Å². The van der Waals surface area contributed by atoms with Crippen molar-refractivity contribution in [3.8, 4) is 11.1 Å². The van der Waals surface area contributed by atoms with Gasteiger partial charge < -0.3 is 21.3 Å². The number of amides is 3. The molecule has 5 rings (SSSR count). The lowest BCUT2D eigenvalue weighted by Crippen LogP contribution is -2.49. The second-order valence-corrected chi connectivity index (χ2v) is 14.3. The SMILES string of the molecule is CCS(=O)(=O)[C@@H]1C[C@@H](C(=O)N[C@H](C)c2cc(C(=N)N)cs2)N(C(=O)CNC(=O)c2ccc3c(c2)-c2ccccc2C3(F)F)C1. The number of benzene rings is 2. The maximum absolute atomic E-state index is 14.9. The van der Waals surface area contributed by atoms with Crippen LogP contribution in [0, 0.1) is 5.41 Å². The van der Waals surface area contributed by atoms with Gasteiger partial charge in [-0.3, -0.25) is 19.8 Å². The first-order valence-electron chi connectivity index (χ1n) is 13.9. The van der Waals surface area contributed by atoms with Gasteiger partial charge in [-0.25, -0.2) is 8.42 Å². The molecule has 0 spiro atoms. The molecule has 0 bridgehead atoms. The summed E-state index contributed by atoms with van der Waals surface area (Å²) in [5.41, 5.74) is 6.30. The Labute approximate surface area is 257 Å². The summed E-state index contributed by atoms with van der Waals surface area (Å²) in [6.07, 6.45) is -0.101. The summed E-state index contributed by atoms with van der Waals surface area (Å²) in [6.45, 7) is 2.47. The molecule has 0 radical (unpaired) electrons. The average molecular weight is 644 g/mol. The number of alkyl halides is 2. The summed E-state index contributed by atoms with van der Waals surface area (Å²) in [4.78, 5) is 41.6. The minimum Gasteiger partial charge on any atom is -0.384 e. The maximum atomic E-state index is 14.9. The number of rotatable bonds is 9. The zero-order valence-electron chi connectivity index (χ0n) is 23.9. The van der Waals surface area contributed by atoms with Gasteiger partial charge >= 0.3 is 0 Å². The number of nitrogen functional groups attached to an aromatic ring is 1. The Bertz CT molecular complexity index is 1770. The Kier molecular flexibility index (Phi) is 8.33. The third-order valence-corrected chi connectivity index (χ3v) is 11.4. The molecule has 0 unspecified atom stereocenters. The van der Waals surface area contributed by atoms with Gasteiger partial charge in [0, 0.05) is 44.8 Å². The van der Waals surface area contributed by atoms with Crippen LogP contribution in [0.2, 0.25) is 0 Å². The van der Waals surface area contributed by atoms with E-state index in [1.54, 1.807) is 30.5 Å². The van der Waals surface area contributed by atoms with Gasteiger partial charge in [0.2, 0.25) is 11.8 Å². The van der Waals surface area contributed by atoms with Crippen LogP contribution in [0.3, 0.4) is 0 Å². The highest BCUT2D eigenvalue weighted by Gasteiger charge is 2.45. The quantitative estimate of drug-likeness (QED) is 0.207.